The molecule has 2 aliphatic rings. The van der Waals surface area contributed by atoms with Gasteiger partial charge in [-0.25, -0.2) is 9.78 Å². The van der Waals surface area contributed by atoms with Crippen molar-refractivity contribution in [2.75, 3.05) is 12.4 Å². The monoisotopic (exact) mass is 562 g/mol. The van der Waals surface area contributed by atoms with Gasteiger partial charge in [-0.1, -0.05) is 19.1 Å². The summed E-state index contributed by atoms with van der Waals surface area (Å²) in [5.74, 6) is 1.12. The number of cyclic esters (lactones) is 1. The molecular weight excluding hydrogens is 528 g/mol. The highest BCUT2D eigenvalue weighted by Gasteiger charge is 2.31. The first-order valence-corrected chi connectivity index (χ1v) is 14.4. The lowest BCUT2D eigenvalue weighted by molar-refractivity contribution is 0.0712. The van der Waals surface area contributed by atoms with Gasteiger partial charge in [-0.05, 0) is 81.8 Å². The minimum atomic E-state index is -0.517. The van der Waals surface area contributed by atoms with E-state index in [1.54, 1.807) is 7.11 Å². The molecule has 10 heteroatoms. The Morgan fingerprint density at radius 1 is 1.15 bits per heavy atom. The van der Waals surface area contributed by atoms with E-state index in [0.29, 0.717) is 39.9 Å². The largest absolute Gasteiger partial charge is 0.493 e. The topological polar surface area (TPSA) is 102 Å². The van der Waals surface area contributed by atoms with Crippen LogP contribution < -0.4 is 14.8 Å². The number of carbonyl (C=O) groups excluding carboxylic acids is 2. The number of hydrogen-bond acceptors (Lipinski definition) is 8. The van der Waals surface area contributed by atoms with Crippen molar-refractivity contribution in [2.24, 2.45) is 5.10 Å². The van der Waals surface area contributed by atoms with E-state index in [0.717, 1.165) is 41.8 Å². The summed E-state index contributed by atoms with van der Waals surface area (Å²) in [6.45, 7) is 5.84. The van der Waals surface area contributed by atoms with Crippen LogP contribution in [0.25, 0.3) is 0 Å². The number of rotatable bonds is 9. The van der Waals surface area contributed by atoms with Crippen LogP contribution >= 0.6 is 11.3 Å². The van der Waals surface area contributed by atoms with Crippen LogP contribution in [0, 0.1) is 13.8 Å². The lowest BCUT2D eigenvalue weighted by atomic mass is 10.0. The number of hydrogen-bond donors (Lipinski definition) is 1. The van der Waals surface area contributed by atoms with Gasteiger partial charge in [0, 0.05) is 11.3 Å². The molecule has 1 atom stereocenters. The Hall–Kier alpha value is -3.92. The second-order valence-electron chi connectivity index (χ2n) is 10.0. The smallest absolute Gasteiger partial charge is 0.431 e. The summed E-state index contributed by atoms with van der Waals surface area (Å²) in [4.78, 5) is 30.6. The Morgan fingerprint density at radius 3 is 2.65 bits per heavy atom. The number of aryl methyl sites for hydroxylation is 2. The zero-order valence-corrected chi connectivity index (χ0v) is 24.0. The van der Waals surface area contributed by atoms with E-state index in [-0.39, 0.29) is 18.6 Å². The van der Waals surface area contributed by atoms with Crippen LogP contribution in [0.5, 0.6) is 11.5 Å². The molecular formula is C30H34N4O5S. The maximum absolute atomic E-state index is 12.9. The summed E-state index contributed by atoms with van der Waals surface area (Å²) in [6.07, 6.45) is 4.15. The lowest BCUT2D eigenvalue weighted by Crippen LogP contribution is -2.41. The number of carbonyl (C=O) groups is 2. The Morgan fingerprint density at radius 2 is 1.95 bits per heavy atom. The van der Waals surface area contributed by atoms with Crippen LogP contribution in [-0.4, -0.2) is 47.0 Å². The first-order valence-electron chi connectivity index (χ1n) is 13.6. The Kier molecular flexibility index (Phi) is 8.35. The van der Waals surface area contributed by atoms with Gasteiger partial charge < -0.3 is 19.5 Å². The van der Waals surface area contributed by atoms with Crippen molar-refractivity contribution < 1.29 is 23.8 Å². The molecule has 210 valence electrons. The predicted octanol–water partition coefficient (Wildman–Crippen LogP) is 6.48. The third-order valence-corrected chi connectivity index (χ3v) is 8.11. The zero-order valence-electron chi connectivity index (χ0n) is 23.2. The van der Waals surface area contributed by atoms with Crippen LogP contribution in [0.2, 0.25) is 0 Å². The predicted molar refractivity (Wildman–Crippen MR) is 155 cm³/mol. The SMILES string of the molecule is CCC1OC(=O)N(Cc2cccc(NC(=O)c3sc(C)nc3C)c2)N=C1c1ccc(OC)c(OC2CCCC2)c1. The fourth-order valence-corrected chi connectivity index (χ4v) is 5.87. The second kappa shape index (κ2) is 12.1. The summed E-state index contributed by atoms with van der Waals surface area (Å²) in [5.41, 5.74) is 3.59. The van der Waals surface area contributed by atoms with Gasteiger partial charge in [0.2, 0.25) is 0 Å². The van der Waals surface area contributed by atoms with Crippen LogP contribution in [-0.2, 0) is 11.3 Å². The molecule has 2 amide bonds. The van der Waals surface area contributed by atoms with Crippen LogP contribution in [0.1, 0.15) is 70.5 Å². The van der Waals surface area contributed by atoms with Crippen molar-refractivity contribution in [3.63, 3.8) is 0 Å². The van der Waals surface area contributed by atoms with E-state index in [1.807, 2.05) is 63.2 Å². The standard InChI is InChI=1S/C30H34N4O5S/c1-5-24-27(21-13-14-25(37-4)26(16-21)38-23-11-6-7-12-23)33-34(30(36)39-24)17-20-9-8-10-22(15-20)32-29(35)28-18(2)31-19(3)40-28/h8-10,13-16,23-24H,5-7,11-12,17H2,1-4H3,(H,32,35). The summed E-state index contributed by atoms with van der Waals surface area (Å²) >= 11 is 1.36. The molecule has 3 aromatic rings. The van der Waals surface area contributed by atoms with Crippen LogP contribution in [0.15, 0.2) is 47.6 Å². The van der Waals surface area contributed by atoms with Gasteiger partial charge in [-0.15, -0.1) is 11.3 Å². The number of nitrogens with zero attached hydrogens (tertiary/aromatic N) is 3. The van der Waals surface area contributed by atoms with Crippen molar-refractivity contribution in [1.82, 2.24) is 9.99 Å². The zero-order chi connectivity index (χ0) is 28.2. The molecule has 1 aliphatic heterocycles. The average molecular weight is 563 g/mol. The highest BCUT2D eigenvalue weighted by molar-refractivity contribution is 7.13. The summed E-state index contributed by atoms with van der Waals surface area (Å²) in [5, 5.41) is 9.84. The number of benzene rings is 2. The van der Waals surface area contributed by atoms with Crippen LogP contribution in [0.4, 0.5) is 10.5 Å². The number of aromatic nitrogens is 1. The molecule has 0 spiro atoms. The second-order valence-corrected chi connectivity index (χ2v) is 11.2. The molecule has 9 nitrogen and oxygen atoms in total. The van der Waals surface area contributed by atoms with Gasteiger partial charge in [0.1, 0.15) is 16.7 Å². The number of ether oxygens (including phenoxy) is 3. The third-order valence-electron chi connectivity index (χ3n) is 7.04. The highest BCUT2D eigenvalue weighted by Crippen LogP contribution is 2.34. The maximum Gasteiger partial charge on any atom is 0.431 e. The van der Waals surface area contributed by atoms with Crippen molar-refractivity contribution in [1.29, 1.82) is 0 Å². The molecule has 2 heterocycles. The van der Waals surface area contributed by atoms with Crippen molar-refractivity contribution in [3.8, 4) is 11.5 Å². The number of methoxy groups -OCH3 is 1. The Bertz CT molecular complexity index is 1430. The third kappa shape index (κ3) is 6.12. The molecule has 0 radical (unpaired) electrons. The molecule has 1 aliphatic carbocycles. The first kappa shape index (κ1) is 27.6. The van der Waals surface area contributed by atoms with Gasteiger partial charge >= 0.3 is 6.09 Å². The fraction of sp³-hybridized carbons (Fsp3) is 0.400. The lowest BCUT2D eigenvalue weighted by Gasteiger charge is -2.29. The minimum absolute atomic E-state index is 0.172. The van der Waals surface area contributed by atoms with E-state index < -0.39 is 12.2 Å². The quantitative estimate of drug-likeness (QED) is 0.320. The molecule has 1 unspecified atom stereocenters. The summed E-state index contributed by atoms with van der Waals surface area (Å²) in [7, 11) is 1.63. The molecule has 40 heavy (non-hydrogen) atoms. The van der Waals surface area contributed by atoms with Gasteiger partial charge in [-0.2, -0.15) is 10.1 Å². The number of thiazole rings is 1. The molecule has 2 aromatic carbocycles. The summed E-state index contributed by atoms with van der Waals surface area (Å²) in [6, 6.07) is 13.1. The average Bonchev–Trinajstić information content (AvgIpc) is 3.58. The molecule has 5 rings (SSSR count). The van der Waals surface area contributed by atoms with Crippen molar-refractivity contribution in [2.45, 2.75) is 71.6 Å². The van der Waals surface area contributed by atoms with Crippen molar-refractivity contribution in [3.05, 3.63) is 69.2 Å². The molecule has 1 aromatic heterocycles. The Labute approximate surface area is 238 Å². The van der Waals surface area contributed by atoms with Crippen LogP contribution in [0.3, 0.4) is 0 Å². The molecule has 1 N–H and O–H groups in total. The highest BCUT2D eigenvalue weighted by atomic mass is 32.1. The summed E-state index contributed by atoms with van der Waals surface area (Å²) < 4.78 is 17.6. The van der Waals surface area contributed by atoms with Gasteiger partial charge in [0.05, 0.1) is 30.5 Å². The van der Waals surface area contributed by atoms with Gasteiger partial charge in [0.25, 0.3) is 5.91 Å². The number of anilines is 1. The maximum atomic E-state index is 12.9. The number of hydrazone groups is 1. The first-order chi connectivity index (χ1) is 19.3. The van der Waals surface area contributed by atoms with Gasteiger partial charge in [0.15, 0.2) is 11.5 Å². The Balaban J connectivity index is 1.37. The minimum Gasteiger partial charge on any atom is -0.493 e. The fourth-order valence-electron chi connectivity index (χ4n) is 5.06. The van der Waals surface area contributed by atoms with E-state index in [9.17, 15) is 9.59 Å². The van der Waals surface area contributed by atoms with E-state index in [2.05, 4.69) is 10.3 Å². The number of nitrogens with one attached hydrogen (secondary N) is 1. The molecule has 1 fully saturated rings. The molecule has 1 saturated carbocycles. The molecule has 0 saturated heterocycles. The normalized spacial score (nSPS) is 17.4. The number of amides is 2. The van der Waals surface area contributed by atoms with E-state index in [4.69, 9.17) is 19.3 Å². The van der Waals surface area contributed by atoms with Gasteiger partial charge in [-0.3, -0.25) is 4.79 Å². The molecule has 0 bridgehead atoms. The van der Waals surface area contributed by atoms with E-state index >= 15 is 0 Å². The van der Waals surface area contributed by atoms with E-state index in [1.165, 1.54) is 16.3 Å². The van der Waals surface area contributed by atoms with Crippen molar-refractivity contribution >= 4 is 34.7 Å².